The van der Waals surface area contributed by atoms with Gasteiger partial charge in [0.2, 0.25) is 0 Å². The van der Waals surface area contributed by atoms with Crippen LogP contribution in [0.1, 0.15) is 33.1 Å². The van der Waals surface area contributed by atoms with Crippen LogP contribution in [-0.2, 0) is 9.84 Å². The van der Waals surface area contributed by atoms with E-state index in [1.54, 1.807) is 12.1 Å². The van der Waals surface area contributed by atoms with Crippen LogP contribution in [-0.4, -0.2) is 26.8 Å². The monoisotopic (exact) mass is 349 g/mol. The van der Waals surface area contributed by atoms with Crippen molar-refractivity contribution in [1.29, 1.82) is 0 Å². The lowest BCUT2D eigenvalue weighted by atomic mass is 9.75. The molecule has 2 rings (SSSR count). The largest absolute Gasteiger partial charge is 0.316 e. The highest BCUT2D eigenvalue weighted by atomic mass is 35.5. The van der Waals surface area contributed by atoms with Crippen LogP contribution < -0.4 is 5.32 Å². The van der Waals surface area contributed by atoms with E-state index in [0.29, 0.717) is 11.4 Å². The average Bonchev–Trinajstić information content (AvgIpc) is 2.40. The Morgan fingerprint density at radius 2 is 1.95 bits per heavy atom. The Kier molecular flexibility index (Phi) is 4.94. The van der Waals surface area contributed by atoms with Crippen LogP contribution in [0.25, 0.3) is 0 Å². The summed E-state index contributed by atoms with van der Waals surface area (Å²) in [6.45, 7) is 4.22. The predicted octanol–water partition coefficient (Wildman–Crippen LogP) is 3.93. The van der Waals surface area contributed by atoms with Crippen LogP contribution in [0.3, 0.4) is 0 Å². The van der Waals surface area contributed by atoms with Crippen molar-refractivity contribution in [3.63, 3.8) is 0 Å². The van der Waals surface area contributed by atoms with Gasteiger partial charge >= 0.3 is 0 Å². The summed E-state index contributed by atoms with van der Waals surface area (Å²) in [5, 5.41) is 3.28. The lowest BCUT2D eigenvalue weighted by molar-refractivity contribution is 0.213. The summed E-state index contributed by atoms with van der Waals surface area (Å²) < 4.78 is 26.1. The molecular formula is C15H21Cl2NO2S. The number of rotatable bonds is 3. The van der Waals surface area contributed by atoms with E-state index in [4.69, 9.17) is 23.2 Å². The van der Waals surface area contributed by atoms with Crippen molar-refractivity contribution < 1.29 is 8.42 Å². The Labute approximate surface area is 136 Å². The van der Waals surface area contributed by atoms with Gasteiger partial charge in [-0.2, -0.15) is 0 Å². The first-order valence-electron chi connectivity index (χ1n) is 7.03. The molecular weight excluding hydrogens is 329 g/mol. The zero-order valence-electron chi connectivity index (χ0n) is 12.5. The third-order valence-electron chi connectivity index (χ3n) is 4.30. The number of hydrogen-bond donors (Lipinski definition) is 1. The van der Waals surface area contributed by atoms with E-state index in [1.807, 2.05) is 7.05 Å². The van der Waals surface area contributed by atoms with Crippen molar-refractivity contribution in [2.24, 2.45) is 5.41 Å². The summed E-state index contributed by atoms with van der Waals surface area (Å²) in [7, 11) is -1.72. The topological polar surface area (TPSA) is 46.2 Å². The fraction of sp³-hybridized carbons (Fsp3) is 0.600. The molecule has 1 saturated carbocycles. The Morgan fingerprint density at radius 3 is 2.57 bits per heavy atom. The molecule has 1 N–H and O–H groups in total. The first kappa shape index (κ1) is 17.1. The summed E-state index contributed by atoms with van der Waals surface area (Å²) in [4.78, 5) is 0.139. The van der Waals surface area contributed by atoms with E-state index in [1.165, 1.54) is 6.07 Å². The zero-order chi connectivity index (χ0) is 15.8. The zero-order valence-corrected chi connectivity index (χ0v) is 14.8. The molecule has 1 aliphatic rings. The van der Waals surface area contributed by atoms with E-state index >= 15 is 0 Å². The lowest BCUT2D eigenvalue weighted by Gasteiger charge is -2.40. The Hall–Kier alpha value is -0.290. The molecule has 6 heteroatoms. The normalized spacial score (nSPS) is 25.8. The molecule has 0 aromatic heterocycles. The van der Waals surface area contributed by atoms with Gasteiger partial charge in [0.05, 0.1) is 15.2 Å². The molecule has 1 aromatic carbocycles. The van der Waals surface area contributed by atoms with E-state index in [-0.39, 0.29) is 21.4 Å². The smallest absolute Gasteiger partial charge is 0.184 e. The first-order chi connectivity index (χ1) is 9.67. The van der Waals surface area contributed by atoms with Gasteiger partial charge in [-0.1, -0.05) is 37.0 Å². The fourth-order valence-corrected chi connectivity index (χ4v) is 6.05. The van der Waals surface area contributed by atoms with Gasteiger partial charge < -0.3 is 5.32 Å². The quantitative estimate of drug-likeness (QED) is 0.898. The second kappa shape index (κ2) is 6.07. The maximum absolute atomic E-state index is 13.0. The summed E-state index contributed by atoms with van der Waals surface area (Å²) in [6, 6.07) is 4.54. The molecule has 0 bridgehead atoms. The lowest BCUT2D eigenvalue weighted by Crippen LogP contribution is -2.48. The highest BCUT2D eigenvalue weighted by molar-refractivity contribution is 7.92. The van der Waals surface area contributed by atoms with E-state index in [2.05, 4.69) is 19.2 Å². The van der Waals surface area contributed by atoms with Crippen LogP contribution in [0.2, 0.25) is 10.0 Å². The van der Waals surface area contributed by atoms with Gasteiger partial charge in [-0.3, -0.25) is 0 Å². The SMILES string of the molecule is CNC1CCC(C)(C)CC1S(=O)(=O)c1cc(Cl)ccc1Cl. The third kappa shape index (κ3) is 3.55. The highest BCUT2D eigenvalue weighted by Crippen LogP contribution is 2.41. The second-order valence-corrected chi connectivity index (χ2v) is 9.44. The molecule has 1 aliphatic carbocycles. The Balaban J connectivity index is 2.47. The molecule has 0 spiro atoms. The number of benzene rings is 1. The predicted molar refractivity (Wildman–Crippen MR) is 87.9 cm³/mol. The standard InChI is InChI=1S/C15H21Cl2NO2S/c1-15(2)7-6-12(18-3)14(9-15)21(19,20)13-8-10(16)4-5-11(13)17/h4-5,8,12,14,18H,6-7,9H2,1-3H3. The molecule has 0 radical (unpaired) electrons. The third-order valence-corrected chi connectivity index (χ3v) is 7.22. The van der Waals surface area contributed by atoms with Crippen LogP contribution >= 0.6 is 23.2 Å². The molecule has 3 nitrogen and oxygen atoms in total. The van der Waals surface area contributed by atoms with Gasteiger partial charge in [0.25, 0.3) is 0 Å². The molecule has 118 valence electrons. The number of nitrogens with one attached hydrogen (secondary N) is 1. The molecule has 0 aliphatic heterocycles. The molecule has 2 unspecified atom stereocenters. The van der Waals surface area contributed by atoms with Crippen LogP contribution in [0.15, 0.2) is 23.1 Å². The van der Waals surface area contributed by atoms with Gasteiger partial charge in [0.1, 0.15) is 0 Å². The highest BCUT2D eigenvalue weighted by Gasteiger charge is 2.42. The Bertz CT molecular complexity index is 629. The fourth-order valence-electron chi connectivity index (χ4n) is 3.04. The van der Waals surface area contributed by atoms with Gasteiger partial charge in [0.15, 0.2) is 9.84 Å². The minimum Gasteiger partial charge on any atom is -0.316 e. The molecule has 1 aromatic rings. The second-order valence-electron chi connectivity index (χ2n) is 6.46. The van der Waals surface area contributed by atoms with E-state index in [0.717, 1.165) is 12.8 Å². The van der Waals surface area contributed by atoms with Crippen molar-refractivity contribution >= 4 is 33.0 Å². The van der Waals surface area contributed by atoms with Crippen LogP contribution in [0.4, 0.5) is 0 Å². The van der Waals surface area contributed by atoms with Crippen molar-refractivity contribution in [1.82, 2.24) is 5.32 Å². The summed E-state index contributed by atoms with van der Waals surface area (Å²) in [5.41, 5.74) is 0.0101. The van der Waals surface area contributed by atoms with Crippen molar-refractivity contribution in [3.8, 4) is 0 Å². The minimum absolute atomic E-state index is 0.0101. The molecule has 2 atom stereocenters. The molecule has 0 heterocycles. The van der Waals surface area contributed by atoms with Gasteiger partial charge in [-0.25, -0.2) is 8.42 Å². The van der Waals surface area contributed by atoms with E-state index in [9.17, 15) is 8.42 Å². The molecule has 0 amide bonds. The summed E-state index contributed by atoms with van der Waals surface area (Å²) in [6.07, 6.45) is 2.46. The summed E-state index contributed by atoms with van der Waals surface area (Å²) >= 11 is 12.1. The van der Waals surface area contributed by atoms with Crippen molar-refractivity contribution in [2.45, 2.75) is 49.3 Å². The van der Waals surface area contributed by atoms with Crippen molar-refractivity contribution in [2.75, 3.05) is 7.05 Å². The van der Waals surface area contributed by atoms with Crippen LogP contribution in [0.5, 0.6) is 0 Å². The summed E-state index contributed by atoms with van der Waals surface area (Å²) in [5.74, 6) is 0. The molecule has 0 saturated heterocycles. The van der Waals surface area contributed by atoms with Gasteiger partial charge in [-0.15, -0.1) is 0 Å². The molecule has 1 fully saturated rings. The number of sulfone groups is 1. The minimum atomic E-state index is -3.53. The molecule has 21 heavy (non-hydrogen) atoms. The van der Waals surface area contributed by atoms with Crippen LogP contribution in [0, 0.1) is 5.41 Å². The van der Waals surface area contributed by atoms with Gasteiger partial charge in [-0.05, 0) is 49.9 Å². The number of halogens is 2. The van der Waals surface area contributed by atoms with Crippen molar-refractivity contribution in [3.05, 3.63) is 28.2 Å². The average molecular weight is 350 g/mol. The maximum atomic E-state index is 13.0. The Morgan fingerprint density at radius 1 is 1.29 bits per heavy atom. The van der Waals surface area contributed by atoms with E-state index < -0.39 is 15.1 Å². The number of hydrogen-bond acceptors (Lipinski definition) is 3. The van der Waals surface area contributed by atoms with Gasteiger partial charge in [0, 0.05) is 11.1 Å². The first-order valence-corrected chi connectivity index (χ1v) is 9.34. The maximum Gasteiger partial charge on any atom is 0.184 e.